The van der Waals surface area contributed by atoms with Gasteiger partial charge in [0.15, 0.2) is 0 Å². The molecule has 0 aliphatic rings. The van der Waals surface area contributed by atoms with Crippen LogP contribution in [-0.2, 0) is 11.4 Å². The number of nitriles is 1. The molecule has 0 saturated carbocycles. The van der Waals surface area contributed by atoms with Crippen LogP contribution in [0.25, 0.3) is 0 Å². The molecule has 32 heavy (non-hydrogen) atoms. The van der Waals surface area contributed by atoms with E-state index in [1.54, 1.807) is 30.3 Å². The Kier molecular flexibility index (Phi) is 7.71. The van der Waals surface area contributed by atoms with E-state index in [4.69, 9.17) is 10.00 Å². The molecule has 0 heterocycles. The molecular weight excluding hydrogens is 404 g/mol. The van der Waals surface area contributed by atoms with Crippen LogP contribution in [0.15, 0.2) is 77.9 Å². The van der Waals surface area contributed by atoms with Crippen molar-refractivity contribution in [1.82, 2.24) is 10.7 Å². The molecule has 0 aliphatic heterocycles. The van der Waals surface area contributed by atoms with Crippen molar-refractivity contribution in [2.24, 2.45) is 5.10 Å². The van der Waals surface area contributed by atoms with Gasteiger partial charge in [0.25, 0.3) is 11.8 Å². The first-order chi connectivity index (χ1) is 15.5. The van der Waals surface area contributed by atoms with Gasteiger partial charge < -0.3 is 10.1 Å². The molecule has 3 aromatic carbocycles. The Balaban J connectivity index is 1.50. The maximum Gasteiger partial charge on any atom is 0.259 e. The summed E-state index contributed by atoms with van der Waals surface area (Å²) in [5.74, 6) is -0.175. The number of hydrogen-bond acceptors (Lipinski definition) is 5. The zero-order chi connectivity index (χ0) is 22.8. The van der Waals surface area contributed by atoms with Crippen molar-refractivity contribution >= 4 is 18.0 Å². The molecule has 0 bridgehead atoms. The average Bonchev–Trinajstić information content (AvgIpc) is 2.82. The molecule has 7 heteroatoms. The number of hydrazone groups is 1. The standard InChI is InChI=1S/C25H22N4O3/c1-18-6-12-21(13-7-18)25(31)27-16-24(30)29-28-15-22-4-2-3-5-23(22)32-17-20-10-8-19(14-26)9-11-20/h2-13,15H,16-17H2,1H3,(H,27,31)(H,29,30)/b28-15+. The number of rotatable bonds is 8. The average molecular weight is 426 g/mol. The number of para-hydroxylation sites is 1. The number of amides is 2. The van der Waals surface area contributed by atoms with E-state index in [2.05, 4.69) is 21.9 Å². The topological polar surface area (TPSA) is 104 Å². The monoisotopic (exact) mass is 426 g/mol. The van der Waals surface area contributed by atoms with Gasteiger partial charge in [-0.3, -0.25) is 9.59 Å². The van der Waals surface area contributed by atoms with Gasteiger partial charge in [-0.1, -0.05) is 42.0 Å². The maximum absolute atomic E-state index is 12.1. The minimum atomic E-state index is -0.447. The van der Waals surface area contributed by atoms with Crippen molar-refractivity contribution in [1.29, 1.82) is 5.26 Å². The fourth-order valence-corrected chi connectivity index (χ4v) is 2.74. The van der Waals surface area contributed by atoms with E-state index < -0.39 is 5.91 Å². The highest BCUT2D eigenvalue weighted by molar-refractivity contribution is 5.96. The molecule has 2 N–H and O–H groups in total. The van der Waals surface area contributed by atoms with E-state index in [9.17, 15) is 9.59 Å². The van der Waals surface area contributed by atoms with Gasteiger partial charge in [0.05, 0.1) is 24.4 Å². The van der Waals surface area contributed by atoms with Crippen LogP contribution in [-0.4, -0.2) is 24.6 Å². The highest BCUT2D eigenvalue weighted by Gasteiger charge is 2.07. The molecule has 0 radical (unpaired) electrons. The summed E-state index contributed by atoms with van der Waals surface area (Å²) in [6.45, 7) is 2.07. The van der Waals surface area contributed by atoms with Crippen LogP contribution in [0.1, 0.15) is 32.6 Å². The molecule has 160 valence electrons. The first-order valence-corrected chi connectivity index (χ1v) is 9.93. The normalized spacial score (nSPS) is 10.4. The smallest absolute Gasteiger partial charge is 0.259 e. The first-order valence-electron chi connectivity index (χ1n) is 9.93. The molecule has 0 aromatic heterocycles. The summed E-state index contributed by atoms with van der Waals surface area (Å²) in [5.41, 5.74) is 6.13. The summed E-state index contributed by atoms with van der Waals surface area (Å²) < 4.78 is 5.85. The molecule has 3 aromatic rings. The molecule has 0 aliphatic carbocycles. The fraction of sp³-hybridized carbons (Fsp3) is 0.120. The van der Waals surface area contributed by atoms with Gasteiger partial charge in [-0.25, -0.2) is 5.43 Å². The second-order valence-corrected chi connectivity index (χ2v) is 6.98. The lowest BCUT2D eigenvalue weighted by Crippen LogP contribution is -2.34. The van der Waals surface area contributed by atoms with Gasteiger partial charge in [-0.05, 0) is 48.9 Å². The van der Waals surface area contributed by atoms with Gasteiger partial charge in [0, 0.05) is 11.1 Å². The van der Waals surface area contributed by atoms with Crippen LogP contribution in [0, 0.1) is 18.3 Å². The van der Waals surface area contributed by atoms with Crippen molar-refractivity contribution in [2.45, 2.75) is 13.5 Å². The van der Waals surface area contributed by atoms with Crippen LogP contribution in [0.2, 0.25) is 0 Å². The lowest BCUT2D eigenvalue weighted by molar-refractivity contribution is -0.120. The predicted octanol–water partition coefficient (Wildman–Crippen LogP) is 3.33. The molecule has 0 fully saturated rings. The highest BCUT2D eigenvalue weighted by atomic mass is 16.5. The number of benzene rings is 3. The second kappa shape index (κ2) is 11.1. The third-order valence-corrected chi connectivity index (χ3v) is 4.51. The maximum atomic E-state index is 12.1. The number of nitrogens with one attached hydrogen (secondary N) is 2. The number of carbonyl (C=O) groups excluding carboxylic acids is 2. The molecule has 0 unspecified atom stereocenters. The quantitative estimate of drug-likeness (QED) is 0.426. The minimum absolute atomic E-state index is 0.194. The van der Waals surface area contributed by atoms with Gasteiger partial charge in [0.1, 0.15) is 12.4 Å². The molecule has 0 spiro atoms. The number of carbonyl (C=O) groups is 2. The Morgan fingerprint density at radius 1 is 1.03 bits per heavy atom. The molecule has 2 amide bonds. The van der Waals surface area contributed by atoms with Crippen LogP contribution in [0.4, 0.5) is 0 Å². The number of aryl methyl sites for hydroxylation is 1. The molecule has 0 atom stereocenters. The van der Waals surface area contributed by atoms with Gasteiger partial charge in [-0.15, -0.1) is 0 Å². The second-order valence-electron chi connectivity index (χ2n) is 6.98. The van der Waals surface area contributed by atoms with E-state index in [1.165, 1.54) is 6.21 Å². The molecule has 7 nitrogen and oxygen atoms in total. The van der Waals surface area contributed by atoms with Gasteiger partial charge >= 0.3 is 0 Å². The Hall–Kier alpha value is -4.44. The van der Waals surface area contributed by atoms with E-state index >= 15 is 0 Å². The number of ether oxygens (including phenoxy) is 1. The zero-order valence-electron chi connectivity index (χ0n) is 17.5. The van der Waals surface area contributed by atoms with Gasteiger partial charge in [-0.2, -0.15) is 10.4 Å². The van der Waals surface area contributed by atoms with E-state index in [1.807, 2.05) is 49.4 Å². The number of hydrogen-bond donors (Lipinski definition) is 2. The lowest BCUT2D eigenvalue weighted by Gasteiger charge is -2.09. The van der Waals surface area contributed by atoms with Crippen LogP contribution < -0.4 is 15.5 Å². The largest absolute Gasteiger partial charge is 0.488 e. The van der Waals surface area contributed by atoms with Crippen molar-refractivity contribution < 1.29 is 14.3 Å². The summed E-state index contributed by atoms with van der Waals surface area (Å²) in [6, 6.07) is 23.6. The fourth-order valence-electron chi connectivity index (χ4n) is 2.74. The van der Waals surface area contributed by atoms with Crippen LogP contribution in [0.3, 0.4) is 0 Å². The minimum Gasteiger partial charge on any atom is -0.488 e. The van der Waals surface area contributed by atoms with Crippen molar-refractivity contribution in [3.63, 3.8) is 0 Å². The van der Waals surface area contributed by atoms with Crippen molar-refractivity contribution in [3.05, 3.63) is 101 Å². The Bertz CT molecular complexity index is 1150. The predicted molar refractivity (Wildman–Crippen MR) is 121 cm³/mol. The molecule has 0 saturated heterocycles. The summed E-state index contributed by atoms with van der Waals surface area (Å²) in [5, 5.41) is 15.4. The van der Waals surface area contributed by atoms with E-state index in [0.717, 1.165) is 11.1 Å². The molecular formula is C25H22N4O3. The van der Waals surface area contributed by atoms with Crippen molar-refractivity contribution in [2.75, 3.05) is 6.54 Å². The Morgan fingerprint density at radius 2 is 1.75 bits per heavy atom. The number of nitrogens with zero attached hydrogens (tertiary/aromatic N) is 2. The summed E-state index contributed by atoms with van der Waals surface area (Å²) >= 11 is 0. The Labute approximate surface area is 186 Å². The third-order valence-electron chi connectivity index (χ3n) is 4.51. The third kappa shape index (κ3) is 6.54. The van der Waals surface area contributed by atoms with Crippen molar-refractivity contribution in [3.8, 4) is 11.8 Å². The SMILES string of the molecule is Cc1ccc(C(=O)NCC(=O)N/N=C/c2ccccc2OCc2ccc(C#N)cc2)cc1. The lowest BCUT2D eigenvalue weighted by atomic mass is 10.1. The van der Waals surface area contributed by atoms with Crippen LogP contribution >= 0.6 is 0 Å². The zero-order valence-corrected chi connectivity index (χ0v) is 17.5. The van der Waals surface area contributed by atoms with E-state index in [0.29, 0.717) is 29.0 Å². The summed E-state index contributed by atoms with van der Waals surface area (Å²) in [4.78, 5) is 24.0. The van der Waals surface area contributed by atoms with E-state index in [-0.39, 0.29) is 12.5 Å². The summed E-state index contributed by atoms with van der Waals surface area (Å²) in [6.07, 6.45) is 1.48. The summed E-state index contributed by atoms with van der Waals surface area (Å²) in [7, 11) is 0. The highest BCUT2D eigenvalue weighted by Crippen LogP contribution is 2.17. The van der Waals surface area contributed by atoms with Gasteiger partial charge in [0.2, 0.25) is 0 Å². The van der Waals surface area contributed by atoms with Crippen LogP contribution in [0.5, 0.6) is 5.75 Å². The Morgan fingerprint density at radius 3 is 2.47 bits per heavy atom. The molecule has 3 rings (SSSR count). The first kappa shape index (κ1) is 22.2.